The Bertz CT molecular complexity index is 1440. The monoisotopic (exact) mass is 536 g/mol. The molecule has 190 valence electrons. The highest BCUT2D eigenvalue weighted by molar-refractivity contribution is 7.88. The molecule has 1 fully saturated rings. The van der Waals surface area contributed by atoms with E-state index < -0.39 is 39.6 Å². The van der Waals surface area contributed by atoms with Crippen LogP contribution >= 0.6 is 11.6 Å². The van der Waals surface area contributed by atoms with Crippen LogP contribution in [0.25, 0.3) is 0 Å². The van der Waals surface area contributed by atoms with Crippen LogP contribution < -0.4 is 10.5 Å². The van der Waals surface area contributed by atoms with Crippen LogP contribution in [0.2, 0.25) is 5.02 Å². The van der Waals surface area contributed by atoms with E-state index in [4.69, 9.17) is 22.1 Å². The Balaban J connectivity index is 1.75. The fourth-order valence-corrected chi connectivity index (χ4v) is 5.20. The van der Waals surface area contributed by atoms with E-state index in [1.807, 2.05) is 0 Å². The van der Waals surface area contributed by atoms with Gasteiger partial charge in [-0.25, -0.2) is 13.2 Å². The number of sulfonamides is 1. The van der Waals surface area contributed by atoms with Crippen molar-refractivity contribution in [3.05, 3.63) is 81.3 Å². The van der Waals surface area contributed by atoms with E-state index >= 15 is 4.39 Å². The maximum absolute atomic E-state index is 15.6. The van der Waals surface area contributed by atoms with E-state index in [9.17, 15) is 23.1 Å². The second-order valence-electron chi connectivity index (χ2n) is 8.18. The average Bonchev–Trinajstić information content (AvgIpc) is 3.11. The van der Waals surface area contributed by atoms with Crippen molar-refractivity contribution >= 4 is 33.5 Å². The molecular weight excluding hydrogens is 515 g/mol. The van der Waals surface area contributed by atoms with E-state index in [-0.39, 0.29) is 35.0 Å². The highest BCUT2D eigenvalue weighted by Gasteiger charge is 2.41. The molecule has 2 aromatic carbocycles. The van der Waals surface area contributed by atoms with Crippen molar-refractivity contribution < 1.29 is 32.2 Å². The molecule has 2 heterocycles. The number of hydrogen-bond acceptors (Lipinski definition) is 7. The van der Waals surface area contributed by atoms with Gasteiger partial charge in [-0.3, -0.25) is 4.79 Å². The average molecular weight is 537 g/mol. The highest BCUT2D eigenvalue weighted by atomic mass is 35.5. The predicted octanol–water partition coefficient (Wildman–Crippen LogP) is 2.81. The number of ether oxygens (including phenoxy) is 1. The van der Waals surface area contributed by atoms with Crippen LogP contribution in [0.3, 0.4) is 0 Å². The summed E-state index contributed by atoms with van der Waals surface area (Å²) in [7, 11) is -3.64. The Hall–Kier alpha value is -3.32. The number of rotatable bonds is 8. The molecule has 1 aromatic heterocycles. The minimum Gasteiger partial charge on any atom is -0.478 e. The predicted molar refractivity (Wildman–Crippen MR) is 128 cm³/mol. The number of carboxylic acid groups (broad SMARTS) is 1. The lowest BCUT2D eigenvalue weighted by Crippen LogP contribution is -2.45. The van der Waals surface area contributed by atoms with Crippen molar-refractivity contribution in [3.8, 4) is 5.88 Å². The number of nitrogens with two attached hydrogens (primary N) is 1. The summed E-state index contributed by atoms with van der Waals surface area (Å²) >= 11 is 6.16. The van der Waals surface area contributed by atoms with Gasteiger partial charge in [0.15, 0.2) is 0 Å². The zero-order valence-electron chi connectivity index (χ0n) is 19.0. The van der Waals surface area contributed by atoms with E-state index in [1.54, 1.807) is 24.3 Å². The number of aromatic carboxylic acids is 1. The third-order valence-electron chi connectivity index (χ3n) is 5.81. The van der Waals surface area contributed by atoms with Crippen LogP contribution in [0.4, 0.5) is 4.39 Å². The summed E-state index contributed by atoms with van der Waals surface area (Å²) in [6.07, 6.45) is 1.29. The van der Waals surface area contributed by atoms with Crippen LogP contribution in [-0.4, -0.2) is 52.3 Å². The molecule has 1 aliphatic rings. The molecule has 0 saturated carbocycles. The lowest BCUT2D eigenvalue weighted by Gasteiger charge is -2.37. The van der Waals surface area contributed by atoms with Gasteiger partial charge in [0.2, 0.25) is 15.8 Å². The van der Waals surface area contributed by atoms with Gasteiger partial charge in [-0.15, -0.1) is 0 Å². The van der Waals surface area contributed by atoms with Crippen LogP contribution in [0, 0.1) is 5.82 Å². The molecule has 1 saturated heterocycles. The second-order valence-corrected chi connectivity index (χ2v) is 10.5. The van der Waals surface area contributed by atoms with Crippen LogP contribution in [0.1, 0.15) is 50.0 Å². The smallest absolute Gasteiger partial charge is 0.337 e. The van der Waals surface area contributed by atoms with E-state index in [0.717, 1.165) is 16.1 Å². The Morgan fingerprint density at radius 3 is 2.39 bits per heavy atom. The second kappa shape index (κ2) is 9.97. The number of carboxylic acids is 1. The molecule has 36 heavy (non-hydrogen) atoms. The molecule has 10 nitrogen and oxygen atoms in total. The SMILES string of the molecule is CS(=O)(=O)N1CCC1c1nn(C(=O)c2cccc(C(=O)O)c2Cl)c(OCc2ccc(CN)cc2)c1F. The molecule has 0 spiro atoms. The Labute approximate surface area is 211 Å². The normalized spacial score (nSPS) is 15.9. The molecule has 4 rings (SSSR count). The van der Waals surface area contributed by atoms with Gasteiger partial charge in [0, 0.05) is 13.1 Å². The third-order valence-corrected chi connectivity index (χ3v) is 7.51. The van der Waals surface area contributed by atoms with Gasteiger partial charge in [-0.05, 0) is 29.7 Å². The van der Waals surface area contributed by atoms with Gasteiger partial charge < -0.3 is 15.6 Å². The molecule has 3 N–H and O–H groups in total. The first-order chi connectivity index (χ1) is 17.0. The van der Waals surface area contributed by atoms with Gasteiger partial charge >= 0.3 is 5.97 Å². The number of aromatic nitrogens is 2. The Kier molecular flexibility index (Phi) is 7.14. The van der Waals surface area contributed by atoms with Gasteiger partial charge in [-0.2, -0.15) is 18.5 Å². The topological polar surface area (TPSA) is 145 Å². The summed E-state index contributed by atoms with van der Waals surface area (Å²) in [5.41, 5.74) is 6.30. The van der Waals surface area contributed by atoms with E-state index in [2.05, 4.69) is 5.10 Å². The van der Waals surface area contributed by atoms with Crippen molar-refractivity contribution in [1.82, 2.24) is 14.1 Å². The third kappa shape index (κ3) is 4.85. The fourth-order valence-electron chi connectivity index (χ4n) is 3.81. The quantitative estimate of drug-likeness (QED) is 0.447. The molecule has 1 aliphatic heterocycles. The Morgan fingerprint density at radius 2 is 1.83 bits per heavy atom. The number of carbonyl (C=O) groups is 2. The number of carbonyl (C=O) groups excluding carboxylic acids is 1. The van der Waals surface area contributed by atoms with Gasteiger partial charge in [0.05, 0.1) is 28.4 Å². The van der Waals surface area contributed by atoms with Crippen LogP contribution in [-0.2, 0) is 23.2 Å². The number of nitrogens with zero attached hydrogens (tertiary/aromatic N) is 3. The van der Waals surface area contributed by atoms with Crippen molar-refractivity contribution in [1.29, 1.82) is 0 Å². The van der Waals surface area contributed by atoms with E-state index in [0.29, 0.717) is 23.2 Å². The van der Waals surface area contributed by atoms with Gasteiger partial charge in [0.25, 0.3) is 11.8 Å². The van der Waals surface area contributed by atoms with Gasteiger partial charge in [0.1, 0.15) is 12.3 Å². The first kappa shape index (κ1) is 25.8. The zero-order chi connectivity index (χ0) is 26.2. The van der Waals surface area contributed by atoms with Crippen molar-refractivity contribution in [3.63, 3.8) is 0 Å². The minimum absolute atomic E-state index is 0.135. The van der Waals surface area contributed by atoms with Crippen LogP contribution in [0.5, 0.6) is 5.88 Å². The number of hydrogen-bond donors (Lipinski definition) is 2. The molecule has 3 aromatic rings. The lowest BCUT2D eigenvalue weighted by atomic mass is 10.0. The van der Waals surface area contributed by atoms with Crippen molar-refractivity contribution in [2.24, 2.45) is 5.73 Å². The highest BCUT2D eigenvalue weighted by Crippen LogP contribution is 2.39. The van der Waals surface area contributed by atoms with Crippen molar-refractivity contribution in [2.75, 3.05) is 12.8 Å². The van der Waals surface area contributed by atoms with E-state index in [1.165, 1.54) is 18.2 Å². The first-order valence-electron chi connectivity index (χ1n) is 10.7. The molecular formula is C23H22ClFN4O6S. The summed E-state index contributed by atoms with van der Waals surface area (Å²) in [6, 6.07) is 9.91. The molecule has 1 atom stereocenters. The summed E-state index contributed by atoms with van der Waals surface area (Å²) in [5.74, 6) is -3.83. The summed E-state index contributed by atoms with van der Waals surface area (Å²) in [4.78, 5) is 24.8. The fraction of sp³-hybridized carbons (Fsp3) is 0.261. The maximum Gasteiger partial charge on any atom is 0.337 e. The van der Waals surface area contributed by atoms with Crippen molar-refractivity contribution in [2.45, 2.75) is 25.6 Å². The molecule has 0 radical (unpaired) electrons. The molecule has 0 amide bonds. The summed E-state index contributed by atoms with van der Waals surface area (Å²) < 4.78 is 47.1. The molecule has 13 heteroatoms. The summed E-state index contributed by atoms with van der Waals surface area (Å²) in [6.45, 7) is 0.387. The number of benzene rings is 2. The molecule has 1 unspecified atom stereocenters. The van der Waals surface area contributed by atoms with Gasteiger partial charge in [-0.1, -0.05) is 41.9 Å². The van der Waals surface area contributed by atoms with Crippen LogP contribution in [0.15, 0.2) is 42.5 Å². The maximum atomic E-state index is 15.6. The zero-order valence-corrected chi connectivity index (χ0v) is 20.6. The molecule has 0 bridgehead atoms. The first-order valence-corrected chi connectivity index (χ1v) is 13.0. The minimum atomic E-state index is -3.64. The summed E-state index contributed by atoms with van der Waals surface area (Å²) in [5, 5.41) is 13.1. The lowest BCUT2D eigenvalue weighted by molar-refractivity contribution is 0.0697. The molecule has 0 aliphatic carbocycles. The number of halogens is 2. The largest absolute Gasteiger partial charge is 0.478 e. The standard InChI is InChI=1S/C23H22ClFN4O6S/c1-36(33,34)28-10-9-17(28)20-19(25)22(35-12-14-7-5-13(11-26)6-8-14)29(27-20)21(30)15-3-2-4-16(18(15)24)23(31)32/h2-8,17H,9-12,26H2,1H3,(H,31,32). The Morgan fingerprint density at radius 1 is 1.19 bits per heavy atom.